The Kier molecular flexibility index (Phi) is 8.30. The van der Waals surface area contributed by atoms with Crippen LogP contribution in [0.5, 0.6) is 0 Å². The number of ether oxygens (including phenoxy) is 1. The first kappa shape index (κ1) is 28.2. The maximum absolute atomic E-state index is 14.0. The molecule has 5 rings (SSSR count). The summed E-state index contributed by atoms with van der Waals surface area (Å²) in [4.78, 5) is 25.3. The molecule has 11 heteroatoms. The zero-order valence-corrected chi connectivity index (χ0v) is 23.4. The molecule has 1 atom stereocenters. The van der Waals surface area contributed by atoms with Crippen LogP contribution in [-0.4, -0.2) is 31.5 Å². The van der Waals surface area contributed by atoms with E-state index in [0.29, 0.717) is 51.8 Å². The van der Waals surface area contributed by atoms with Gasteiger partial charge in [-0.1, -0.05) is 41.9 Å². The number of hydrogen-bond donors (Lipinski definition) is 3. The average Bonchev–Trinajstić information content (AvgIpc) is 3.29. The normalized spacial score (nSPS) is 17.6. The molecule has 0 radical (unpaired) electrons. The molecular weight excluding hydrogens is 545 g/mol. The highest BCUT2D eigenvalue weighted by atomic mass is 35.5. The maximum Gasteiger partial charge on any atom is 0.411 e. The lowest BCUT2D eigenvalue weighted by Gasteiger charge is -2.28. The van der Waals surface area contributed by atoms with Gasteiger partial charge in [-0.25, -0.2) is 19.2 Å². The van der Waals surface area contributed by atoms with Crippen molar-refractivity contribution >= 4 is 40.7 Å². The van der Waals surface area contributed by atoms with E-state index >= 15 is 0 Å². The fourth-order valence-corrected chi connectivity index (χ4v) is 5.52. The second-order valence-corrected chi connectivity index (χ2v) is 10.7. The van der Waals surface area contributed by atoms with Gasteiger partial charge in [0.2, 0.25) is 11.8 Å². The van der Waals surface area contributed by atoms with Crippen LogP contribution in [0.25, 0.3) is 22.4 Å². The minimum absolute atomic E-state index is 0.146. The summed E-state index contributed by atoms with van der Waals surface area (Å²) in [5.41, 5.74) is 8.01. The number of nitrogens with one attached hydrogen (secondary N) is 2. The van der Waals surface area contributed by atoms with Crippen molar-refractivity contribution in [2.75, 3.05) is 5.32 Å². The molecule has 4 N–H and O–H groups in total. The first-order chi connectivity index (χ1) is 19.7. The number of rotatable bonds is 8. The number of allylic oxidation sites excluding steroid dienone is 1. The Labute approximate surface area is 242 Å². The van der Waals surface area contributed by atoms with Crippen LogP contribution in [0.1, 0.15) is 50.0 Å². The third-order valence-corrected chi connectivity index (χ3v) is 7.70. The Bertz CT molecular complexity index is 1610. The summed E-state index contributed by atoms with van der Waals surface area (Å²) >= 11 is 6.35. The number of amides is 1. The number of fused-ring (bicyclic) bond motifs is 1. The number of hydrogen-bond acceptors (Lipinski definition) is 7. The van der Waals surface area contributed by atoms with E-state index in [1.165, 1.54) is 12.1 Å². The number of imidazole rings is 1. The predicted molar refractivity (Wildman–Crippen MR) is 157 cm³/mol. The fourth-order valence-electron chi connectivity index (χ4n) is 5.33. The van der Waals surface area contributed by atoms with Gasteiger partial charge in [0.15, 0.2) is 5.65 Å². The van der Waals surface area contributed by atoms with Crippen LogP contribution in [0, 0.1) is 23.1 Å². The van der Waals surface area contributed by atoms with Crippen molar-refractivity contribution in [3.05, 3.63) is 83.4 Å². The van der Waals surface area contributed by atoms with E-state index in [4.69, 9.17) is 32.5 Å². The fraction of sp³-hybridized carbons (Fsp3) is 0.300. The molecule has 0 saturated heterocycles. The molecule has 2 heterocycles. The first-order valence-electron chi connectivity index (χ1n) is 13.5. The predicted octanol–water partition coefficient (Wildman–Crippen LogP) is 6.87. The van der Waals surface area contributed by atoms with E-state index in [1.807, 2.05) is 25.1 Å². The van der Waals surface area contributed by atoms with E-state index in [2.05, 4.69) is 26.4 Å². The number of nitrogens with zero attached hydrogens (tertiary/aromatic N) is 4. The SMILES string of the molecule is C=CC1CCC(Cn2c(N[C@@H](C)c3cccc(F)c3)nc3nc(C(=N)OC(N)=O)nc(-c4cccc(Cl)c4)c32)CC1. The zero-order valence-electron chi connectivity index (χ0n) is 22.6. The molecule has 1 amide bonds. The van der Waals surface area contributed by atoms with Gasteiger partial charge in [0.1, 0.15) is 17.0 Å². The van der Waals surface area contributed by atoms with Crippen molar-refractivity contribution in [1.29, 1.82) is 5.41 Å². The summed E-state index contributed by atoms with van der Waals surface area (Å²) in [5, 5.41) is 12.2. The van der Waals surface area contributed by atoms with Crippen molar-refractivity contribution in [2.45, 2.75) is 45.2 Å². The molecule has 9 nitrogen and oxygen atoms in total. The molecular formula is C30H31ClFN7O2. The second kappa shape index (κ2) is 12.1. The smallest absolute Gasteiger partial charge is 0.388 e. The highest BCUT2D eigenvalue weighted by Crippen LogP contribution is 2.36. The second-order valence-electron chi connectivity index (χ2n) is 10.3. The minimum Gasteiger partial charge on any atom is -0.388 e. The Hall–Kier alpha value is -4.31. The van der Waals surface area contributed by atoms with Gasteiger partial charge in [-0.3, -0.25) is 5.41 Å². The standard InChI is InChI=1S/C30H31ClFN7O2/c1-3-18-10-12-19(13-11-18)16-39-25-24(21-7-4-8-22(31)14-21)36-28(26(33)41-29(34)40)37-27(25)38-30(39)35-17(2)20-6-5-9-23(32)15-20/h3-9,14-15,17-19,33H,1,10-13,16H2,2H3,(H2,34,40)(H,35,36,37,38)/t17-,18?,19?/m0/s1. The largest absolute Gasteiger partial charge is 0.411 e. The summed E-state index contributed by atoms with van der Waals surface area (Å²) in [5.74, 6) is 0.349. The molecule has 4 aromatic rings. The van der Waals surface area contributed by atoms with Crippen LogP contribution in [0.15, 0.2) is 61.2 Å². The molecule has 1 aliphatic carbocycles. The zero-order chi connectivity index (χ0) is 29.1. The molecule has 2 aromatic heterocycles. The Morgan fingerprint density at radius 2 is 1.98 bits per heavy atom. The van der Waals surface area contributed by atoms with Crippen LogP contribution in [0.2, 0.25) is 5.02 Å². The van der Waals surface area contributed by atoms with E-state index in [9.17, 15) is 9.18 Å². The number of halogens is 2. The van der Waals surface area contributed by atoms with Crippen molar-refractivity contribution in [3.63, 3.8) is 0 Å². The summed E-state index contributed by atoms with van der Waals surface area (Å²) in [6.07, 6.45) is 5.07. The molecule has 0 bridgehead atoms. The first-order valence-corrected chi connectivity index (χ1v) is 13.8. The summed E-state index contributed by atoms with van der Waals surface area (Å²) in [7, 11) is 0. The number of benzene rings is 2. The molecule has 212 valence electrons. The molecule has 41 heavy (non-hydrogen) atoms. The maximum atomic E-state index is 14.0. The van der Waals surface area contributed by atoms with Crippen LogP contribution in [-0.2, 0) is 11.3 Å². The monoisotopic (exact) mass is 575 g/mol. The van der Waals surface area contributed by atoms with Crippen LogP contribution < -0.4 is 11.1 Å². The van der Waals surface area contributed by atoms with Crippen LogP contribution in [0.4, 0.5) is 15.1 Å². The Morgan fingerprint density at radius 3 is 2.66 bits per heavy atom. The number of carbonyl (C=O) groups excluding carboxylic acids is 1. The lowest BCUT2D eigenvalue weighted by molar-refractivity contribution is 0.207. The number of carbonyl (C=O) groups is 1. The van der Waals surface area contributed by atoms with Crippen molar-refractivity contribution < 1.29 is 13.9 Å². The van der Waals surface area contributed by atoms with Gasteiger partial charge < -0.3 is 20.4 Å². The highest BCUT2D eigenvalue weighted by molar-refractivity contribution is 6.30. The number of anilines is 1. The van der Waals surface area contributed by atoms with Crippen molar-refractivity contribution in [2.24, 2.45) is 17.6 Å². The van der Waals surface area contributed by atoms with Gasteiger partial charge in [-0.2, -0.15) is 4.98 Å². The molecule has 2 aromatic carbocycles. The third kappa shape index (κ3) is 6.38. The van der Waals surface area contributed by atoms with Gasteiger partial charge in [-0.05, 0) is 74.3 Å². The number of aromatic nitrogens is 4. The third-order valence-electron chi connectivity index (χ3n) is 7.47. The van der Waals surface area contributed by atoms with E-state index in [1.54, 1.807) is 24.3 Å². The molecule has 1 fully saturated rings. The van der Waals surface area contributed by atoms with Gasteiger partial charge in [0.05, 0.1) is 6.04 Å². The topological polar surface area (TPSA) is 132 Å². The molecule has 1 aliphatic rings. The highest BCUT2D eigenvalue weighted by Gasteiger charge is 2.26. The molecule has 0 unspecified atom stereocenters. The summed E-state index contributed by atoms with van der Waals surface area (Å²) < 4.78 is 20.9. The number of nitrogens with two attached hydrogens (primary N) is 1. The van der Waals surface area contributed by atoms with Crippen LogP contribution in [0.3, 0.4) is 0 Å². The van der Waals surface area contributed by atoms with Gasteiger partial charge in [-0.15, -0.1) is 6.58 Å². The average molecular weight is 576 g/mol. The Balaban J connectivity index is 1.66. The van der Waals surface area contributed by atoms with Gasteiger partial charge in [0.25, 0.3) is 5.90 Å². The summed E-state index contributed by atoms with van der Waals surface area (Å²) in [6, 6.07) is 13.3. The minimum atomic E-state index is -1.14. The van der Waals surface area contributed by atoms with Crippen molar-refractivity contribution in [3.8, 4) is 11.3 Å². The summed E-state index contributed by atoms with van der Waals surface area (Å²) in [6.45, 7) is 6.54. The van der Waals surface area contributed by atoms with Gasteiger partial charge in [0, 0.05) is 17.1 Å². The van der Waals surface area contributed by atoms with E-state index in [-0.39, 0.29) is 17.7 Å². The van der Waals surface area contributed by atoms with Gasteiger partial charge >= 0.3 is 6.09 Å². The molecule has 1 saturated carbocycles. The lowest BCUT2D eigenvalue weighted by atomic mass is 9.82. The Morgan fingerprint density at radius 1 is 1.22 bits per heavy atom. The van der Waals surface area contributed by atoms with Crippen molar-refractivity contribution in [1.82, 2.24) is 19.5 Å². The van der Waals surface area contributed by atoms with E-state index < -0.39 is 12.0 Å². The quantitative estimate of drug-likeness (QED) is 0.119. The van der Waals surface area contributed by atoms with E-state index in [0.717, 1.165) is 31.2 Å². The molecule has 0 aliphatic heterocycles. The molecule has 0 spiro atoms. The number of primary amides is 1. The van der Waals surface area contributed by atoms with Crippen LogP contribution >= 0.6 is 11.6 Å². The lowest BCUT2D eigenvalue weighted by Crippen LogP contribution is -2.21.